The Hall–Kier alpha value is -1.97. The van der Waals surface area contributed by atoms with Gasteiger partial charge >= 0.3 is 0 Å². The molecule has 6 heteroatoms. The van der Waals surface area contributed by atoms with Gasteiger partial charge in [0.05, 0.1) is 35.3 Å². The van der Waals surface area contributed by atoms with Crippen molar-refractivity contribution >= 4 is 27.5 Å². The zero-order chi connectivity index (χ0) is 16.1. The first-order valence-electron chi connectivity index (χ1n) is 8.01. The Morgan fingerprint density at radius 1 is 1.43 bits per heavy atom. The first kappa shape index (κ1) is 15.9. The van der Waals surface area contributed by atoms with Crippen molar-refractivity contribution in [3.05, 3.63) is 29.3 Å². The highest BCUT2D eigenvalue weighted by molar-refractivity contribution is 7.18. The molecule has 1 amide bonds. The van der Waals surface area contributed by atoms with Crippen LogP contribution in [0.2, 0.25) is 0 Å². The van der Waals surface area contributed by atoms with E-state index in [9.17, 15) is 4.79 Å². The standard InChI is InChI=1S/C17H20N4OS/c18-9-5-10-19-16(22)12-21-11-4-3-7-14(21)17-20-13-6-1-2-8-15(13)23-17/h1-2,6,8,14H,3-5,7,10-12H2,(H,19,22). The van der Waals surface area contributed by atoms with Gasteiger partial charge in [0.25, 0.3) is 0 Å². The van der Waals surface area contributed by atoms with Gasteiger partial charge in [0.2, 0.25) is 5.91 Å². The minimum atomic E-state index is -0.00624. The topological polar surface area (TPSA) is 69.0 Å². The van der Waals surface area contributed by atoms with Gasteiger partial charge < -0.3 is 5.32 Å². The molecule has 1 unspecified atom stereocenters. The average Bonchev–Trinajstić information content (AvgIpc) is 2.99. The molecule has 1 aliphatic heterocycles. The highest BCUT2D eigenvalue weighted by Gasteiger charge is 2.28. The van der Waals surface area contributed by atoms with Gasteiger partial charge in [-0.15, -0.1) is 11.3 Å². The lowest BCUT2D eigenvalue weighted by atomic mass is 10.0. The summed E-state index contributed by atoms with van der Waals surface area (Å²) in [5, 5.41) is 12.5. The number of amides is 1. The summed E-state index contributed by atoms with van der Waals surface area (Å²) >= 11 is 1.73. The highest BCUT2D eigenvalue weighted by Crippen LogP contribution is 2.35. The summed E-state index contributed by atoms with van der Waals surface area (Å²) in [7, 11) is 0. The fourth-order valence-electron chi connectivity index (χ4n) is 2.99. The lowest BCUT2D eigenvalue weighted by molar-refractivity contribution is -0.123. The summed E-state index contributed by atoms with van der Waals surface area (Å²) < 4.78 is 1.20. The van der Waals surface area contributed by atoms with Gasteiger partial charge in [0.15, 0.2) is 0 Å². The first-order chi connectivity index (χ1) is 11.3. The van der Waals surface area contributed by atoms with Crippen LogP contribution < -0.4 is 5.32 Å². The molecule has 120 valence electrons. The zero-order valence-corrected chi connectivity index (χ0v) is 13.8. The third kappa shape index (κ3) is 3.87. The van der Waals surface area contributed by atoms with Gasteiger partial charge in [-0.05, 0) is 31.5 Å². The summed E-state index contributed by atoms with van der Waals surface area (Å²) in [5.74, 6) is -0.00624. The number of thiazole rings is 1. The Labute approximate surface area is 139 Å². The largest absolute Gasteiger partial charge is 0.354 e. The molecule has 0 aliphatic carbocycles. The Balaban J connectivity index is 1.71. The predicted octanol–water partition coefficient (Wildman–Crippen LogP) is 2.85. The van der Waals surface area contributed by atoms with Crippen LogP contribution in [0.15, 0.2) is 24.3 Å². The number of likely N-dealkylation sites (tertiary alicyclic amines) is 1. The molecule has 0 spiro atoms. The van der Waals surface area contributed by atoms with E-state index in [0.29, 0.717) is 19.5 Å². The molecule has 3 rings (SSSR count). The smallest absolute Gasteiger partial charge is 0.234 e. The number of rotatable bonds is 5. The van der Waals surface area contributed by atoms with E-state index in [1.54, 1.807) is 11.3 Å². The number of para-hydroxylation sites is 1. The molecule has 23 heavy (non-hydrogen) atoms. The van der Waals surface area contributed by atoms with E-state index < -0.39 is 0 Å². The van der Waals surface area contributed by atoms with Crippen LogP contribution in [0.5, 0.6) is 0 Å². The number of hydrogen-bond donors (Lipinski definition) is 1. The van der Waals surface area contributed by atoms with E-state index in [4.69, 9.17) is 10.2 Å². The van der Waals surface area contributed by atoms with E-state index >= 15 is 0 Å². The third-order valence-corrected chi connectivity index (χ3v) is 5.25. The Morgan fingerprint density at radius 2 is 2.30 bits per heavy atom. The van der Waals surface area contributed by atoms with Crippen LogP contribution in [-0.4, -0.2) is 35.4 Å². The maximum atomic E-state index is 12.1. The van der Waals surface area contributed by atoms with Gasteiger partial charge in [-0.3, -0.25) is 9.69 Å². The van der Waals surface area contributed by atoms with E-state index in [1.165, 1.54) is 11.1 Å². The number of benzene rings is 1. The maximum Gasteiger partial charge on any atom is 0.234 e. The van der Waals surface area contributed by atoms with Crippen LogP contribution in [0.3, 0.4) is 0 Å². The zero-order valence-electron chi connectivity index (χ0n) is 13.0. The molecule has 1 atom stereocenters. The van der Waals surface area contributed by atoms with Crippen molar-refractivity contribution in [1.82, 2.24) is 15.2 Å². The van der Waals surface area contributed by atoms with Gasteiger partial charge in [-0.2, -0.15) is 5.26 Å². The lowest BCUT2D eigenvalue weighted by Crippen LogP contribution is -2.41. The number of piperidine rings is 1. The number of nitrogens with zero attached hydrogens (tertiary/aromatic N) is 3. The van der Waals surface area contributed by atoms with Gasteiger partial charge in [0.1, 0.15) is 5.01 Å². The van der Waals surface area contributed by atoms with E-state index in [0.717, 1.165) is 29.9 Å². The number of fused-ring (bicyclic) bond motifs is 1. The molecule has 2 heterocycles. The second kappa shape index (κ2) is 7.53. The summed E-state index contributed by atoms with van der Waals surface area (Å²) in [5.41, 5.74) is 1.04. The van der Waals surface area contributed by atoms with Crippen molar-refractivity contribution in [1.29, 1.82) is 5.26 Å². The van der Waals surface area contributed by atoms with Crippen LogP contribution in [0, 0.1) is 11.3 Å². The predicted molar refractivity (Wildman–Crippen MR) is 91.0 cm³/mol. The molecule has 1 aliphatic rings. The normalized spacial score (nSPS) is 18.7. The molecule has 2 aromatic rings. The molecule has 0 radical (unpaired) electrons. The van der Waals surface area contributed by atoms with Crippen LogP contribution in [0.1, 0.15) is 36.7 Å². The van der Waals surface area contributed by atoms with Crippen LogP contribution >= 0.6 is 11.3 Å². The van der Waals surface area contributed by atoms with Crippen molar-refractivity contribution in [2.24, 2.45) is 0 Å². The summed E-state index contributed by atoms with van der Waals surface area (Å²) in [6, 6.07) is 10.4. The lowest BCUT2D eigenvalue weighted by Gasteiger charge is -2.33. The number of carbonyl (C=O) groups is 1. The Kier molecular flexibility index (Phi) is 5.21. The number of hydrogen-bond acceptors (Lipinski definition) is 5. The SMILES string of the molecule is N#CCCNC(=O)CN1CCCCC1c1nc2ccccc2s1. The molecule has 5 nitrogen and oxygen atoms in total. The summed E-state index contributed by atoms with van der Waals surface area (Å²) in [6.07, 6.45) is 3.69. The number of carbonyl (C=O) groups excluding carboxylic acids is 1. The number of aromatic nitrogens is 1. The van der Waals surface area contributed by atoms with Crippen molar-refractivity contribution < 1.29 is 4.79 Å². The van der Waals surface area contributed by atoms with E-state index in [1.807, 2.05) is 24.3 Å². The maximum absolute atomic E-state index is 12.1. The van der Waals surface area contributed by atoms with Gasteiger partial charge in [-0.25, -0.2) is 4.98 Å². The fraction of sp³-hybridized carbons (Fsp3) is 0.471. The summed E-state index contributed by atoms with van der Waals surface area (Å²) in [6.45, 7) is 1.73. The quantitative estimate of drug-likeness (QED) is 0.857. The first-order valence-corrected chi connectivity index (χ1v) is 8.83. The molecule has 0 bridgehead atoms. The number of nitriles is 1. The second-order valence-electron chi connectivity index (χ2n) is 5.76. The molecule has 1 aromatic heterocycles. The minimum Gasteiger partial charge on any atom is -0.354 e. The number of nitrogens with one attached hydrogen (secondary N) is 1. The van der Waals surface area contributed by atoms with Crippen LogP contribution in [-0.2, 0) is 4.79 Å². The van der Waals surface area contributed by atoms with E-state index in [2.05, 4.69) is 16.3 Å². The molecule has 1 aromatic carbocycles. The van der Waals surface area contributed by atoms with Gasteiger partial charge in [-0.1, -0.05) is 18.6 Å². The monoisotopic (exact) mass is 328 g/mol. The van der Waals surface area contributed by atoms with Gasteiger partial charge in [0, 0.05) is 6.54 Å². The second-order valence-corrected chi connectivity index (χ2v) is 6.82. The van der Waals surface area contributed by atoms with Crippen molar-refractivity contribution in [2.75, 3.05) is 19.6 Å². The summed E-state index contributed by atoms with van der Waals surface area (Å²) in [4.78, 5) is 19.1. The Morgan fingerprint density at radius 3 is 3.13 bits per heavy atom. The fourth-order valence-corrected chi connectivity index (χ4v) is 4.13. The van der Waals surface area contributed by atoms with Crippen molar-refractivity contribution in [3.63, 3.8) is 0 Å². The van der Waals surface area contributed by atoms with Crippen molar-refractivity contribution in [3.8, 4) is 6.07 Å². The molecule has 1 saturated heterocycles. The molecule has 0 saturated carbocycles. The van der Waals surface area contributed by atoms with Crippen LogP contribution in [0.25, 0.3) is 10.2 Å². The average molecular weight is 328 g/mol. The Bertz CT molecular complexity index is 688. The third-order valence-electron chi connectivity index (χ3n) is 4.11. The molecular weight excluding hydrogens is 308 g/mol. The van der Waals surface area contributed by atoms with E-state index in [-0.39, 0.29) is 11.9 Å². The molecule has 1 N–H and O–H groups in total. The van der Waals surface area contributed by atoms with Crippen molar-refractivity contribution in [2.45, 2.75) is 31.7 Å². The molecular formula is C17H20N4OS. The van der Waals surface area contributed by atoms with Crippen LogP contribution in [0.4, 0.5) is 0 Å². The highest BCUT2D eigenvalue weighted by atomic mass is 32.1. The molecule has 1 fully saturated rings. The minimum absolute atomic E-state index is 0.00624.